The number of hydrogen-bond acceptors (Lipinski definition) is 6. The highest BCUT2D eigenvalue weighted by atomic mass is 19.1. The lowest BCUT2D eigenvalue weighted by molar-refractivity contribution is 0.590. The highest BCUT2D eigenvalue weighted by Gasteiger charge is 2.26. The van der Waals surface area contributed by atoms with Crippen LogP contribution in [-0.2, 0) is 16.2 Å². The van der Waals surface area contributed by atoms with E-state index in [0.29, 0.717) is 17.7 Å². The molecule has 0 aliphatic heterocycles. The number of rotatable bonds is 9. The third-order valence-electron chi connectivity index (χ3n) is 26.4. The molecule has 3 aromatic heterocycles. The summed E-state index contributed by atoms with van der Waals surface area (Å²) in [7, 11) is 0. The fourth-order valence-corrected chi connectivity index (χ4v) is 19.6. The van der Waals surface area contributed by atoms with Crippen molar-refractivity contribution < 1.29 is 17.6 Å². The van der Waals surface area contributed by atoms with E-state index in [0.717, 1.165) is 88.4 Å². The Bertz CT molecular complexity index is 8650. The quantitative estimate of drug-likeness (QED) is 0.134. The molecule has 0 spiro atoms. The monoisotopic (exact) mass is 1650 g/mol. The SMILES string of the molecule is CC(C)(C)c1ccc(-c2ccc3ccc4c(-c5nc6cc(-c7ccc(F)cc7)ccc6o5)ccc5ccc2c3c54)cc1.CC(C)(C)c1ccc(-c2ccc3ccc4c(-c5nc6cc(-c7cccc8ccccc78)ccc6o5)ccc5ccc2c3c54)cc1.CC(C)(C)c1ccc(-c2ccc3ccc4c(-c5nc6cc(-c7ccccc7)ccc6o5)ccc5ccc2c3c54)cc1. The summed E-state index contributed by atoms with van der Waals surface area (Å²) >= 11 is 0. The van der Waals surface area contributed by atoms with Crippen molar-refractivity contribution in [3.05, 3.63) is 393 Å². The molecule has 0 atom stereocenters. The molecule has 3 heterocycles. The normalized spacial score (nSPS) is 12.3. The molecule has 0 aliphatic carbocycles. The van der Waals surface area contributed by atoms with Crippen molar-refractivity contribution in [2.75, 3.05) is 0 Å². The first-order valence-corrected chi connectivity index (χ1v) is 44.2. The van der Waals surface area contributed by atoms with Crippen molar-refractivity contribution in [1.29, 1.82) is 0 Å². The number of halogens is 1. The average Bonchev–Trinajstić information content (AvgIpc) is 1.18. The van der Waals surface area contributed by atoms with E-state index < -0.39 is 0 Å². The van der Waals surface area contributed by atoms with Crippen LogP contribution in [0.3, 0.4) is 0 Å². The maximum absolute atomic E-state index is 13.5. The number of benzene rings is 22. The molecule has 0 saturated heterocycles. The molecule has 0 amide bonds. The van der Waals surface area contributed by atoms with E-state index in [2.05, 4.69) is 378 Å². The molecule has 0 N–H and O–H groups in total. The lowest BCUT2D eigenvalue weighted by Crippen LogP contribution is -2.10. The van der Waals surface area contributed by atoms with Gasteiger partial charge < -0.3 is 13.3 Å². The van der Waals surface area contributed by atoms with Gasteiger partial charge in [0.25, 0.3) is 0 Å². The molecule has 0 bridgehead atoms. The van der Waals surface area contributed by atoms with Crippen LogP contribution in [0.2, 0.25) is 0 Å². The molecule has 25 aromatic rings. The number of aromatic nitrogens is 3. The zero-order chi connectivity index (χ0) is 86.6. The molecule has 0 radical (unpaired) electrons. The lowest BCUT2D eigenvalue weighted by atomic mass is 9.85. The molecule has 612 valence electrons. The third kappa shape index (κ3) is 13.4. The van der Waals surface area contributed by atoms with Crippen molar-refractivity contribution in [2.24, 2.45) is 0 Å². The Hall–Kier alpha value is -15.4. The van der Waals surface area contributed by atoms with Gasteiger partial charge in [0.05, 0.1) is 0 Å². The summed E-state index contributed by atoms with van der Waals surface area (Å²) in [6.45, 7) is 20.3. The van der Waals surface area contributed by atoms with Crippen LogP contribution in [0.25, 0.3) is 242 Å². The molecular weight excluding hydrogens is 1560 g/mol. The van der Waals surface area contributed by atoms with Gasteiger partial charge in [-0.05, 0) is 274 Å². The summed E-state index contributed by atoms with van der Waals surface area (Å²) in [6, 6.07) is 131. The molecule has 128 heavy (non-hydrogen) atoms. The second kappa shape index (κ2) is 29.9. The highest BCUT2D eigenvalue weighted by Crippen LogP contribution is 2.49. The van der Waals surface area contributed by atoms with E-state index in [1.54, 1.807) is 12.1 Å². The Morgan fingerprint density at radius 1 is 0.195 bits per heavy atom. The van der Waals surface area contributed by atoms with Gasteiger partial charge in [0, 0.05) is 16.7 Å². The summed E-state index contributed by atoms with van der Waals surface area (Å²) < 4.78 is 32.6. The molecule has 6 nitrogen and oxygen atoms in total. The Kier molecular flexibility index (Phi) is 18.1. The lowest BCUT2D eigenvalue weighted by Gasteiger charge is -2.20. The Morgan fingerprint density at radius 3 is 0.812 bits per heavy atom. The topological polar surface area (TPSA) is 78.1 Å². The van der Waals surface area contributed by atoms with Crippen LogP contribution in [0.15, 0.2) is 383 Å². The molecule has 0 fully saturated rings. The summed E-state index contributed by atoms with van der Waals surface area (Å²) in [5.74, 6) is 1.65. The first-order valence-electron chi connectivity index (χ1n) is 44.2. The van der Waals surface area contributed by atoms with Crippen molar-refractivity contribution >= 4 is 141 Å². The molecular formula is C121H88FN3O3. The second-order valence-electron chi connectivity index (χ2n) is 37.4. The minimum absolute atomic E-state index is 0.116. The third-order valence-corrected chi connectivity index (χ3v) is 26.4. The largest absolute Gasteiger partial charge is 0.436 e. The van der Waals surface area contributed by atoms with Crippen molar-refractivity contribution in [3.8, 4) is 101 Å². The Labute approximate surface area is 740 Å². The van der Waals surface area contributed by atoms with Crippen LogP contribution in [0.4, 0.5) is 4.39 Å². The number of oxazole rings is 3. The fourth-order valence-electron chi connectivity index (χ4n) is 19.6. The van der Waals surface area contributed by atoms with Gasteiger partial charge in [-0.25, -0.2) is 19.3 Å². The summed E-state index contributed by atoms with van der Waals surface area (Å²) in [4.78, 5) is 15.0. The van der Waals surface area contributed by atoms with E-state index in [4.69, 9.17) is 28.2 Å². The van der Waals surface area contributed by atoms with Gasteiger partial charge in [-0.3, -0.25) is 0 Å². The Morgan fingerprint density at radius 2 is 0.461 bits per heavy atom. The number of fused-ring (bicyclic) bond motifs is 4. The zero-order valence-corrected chi connectivity index (χ0v) is 72.7. The Balaban J connectivity index is 0.000000110. The molecule has 22 aromatic carbocycles. The molecule has 0 saturated carbocycles. The van der Waals surface area contributed by atoms with E-state index in [9.17, 15) is 4.39 Å². The van der Waals surface area contributed by atoms with Crippen LogP contribution in [0.1, 0.15) is 79.0 Å². The molecule has 25 rings (SSSR count). The highest BCUT2D eigenvalue weighted by molar-refractivity contribution is 6.30. The van der Waals surface area contributed by atoms with Gasteiger partial charge in [0.1, 0.15) is 22.4 Å². The van der Waals surface area contributed by atoms with E-state index in [1.807, 2.05) is 30.3 Å². The van der Waals surface area contributed by atoms with Crippen LogP contribution < -0.4 is 0 Å². The first kappa shape index (κ1) is 77.4. The van der Waals surface area contributed by atoms with Gasteiger partial charge in [-0.2, -0.15) is 0 Å². The van der Waals surface area contributed by atoms with Crippen molar-refractivity contribution in [1.82, 2.24) is 15.0 Å². The maximum atomic E-state index is 13.5. The standard InChI is InChI=1S/C43H31NO.C39H28FNO.C39H29NO/c1-43(2,3)31-18-11-27(12-19-31)34-20-13-28-15-22-36-37(23-16-29-14-21-35(34)40(28)41(29)36)42-44-38-25-30(17-24-39(38)45-42)33-10-6-8-26-7-4-5-9-32(26)33;1-39(2,3)28-13-4-24(5-14-28)30-17-8-25-10-19-32-33(20-11-26-9-18-31(30)36(25)37(26)32)38-41-34-22-27(12-21-35(34)42-38)23-6-15-29(40)16-7-23;1-39(2,3)29-16-9-25(10-17-29)30-18-11-26-13-20-32-33(21-14-27-12-19-31(30)36(26)37(27)32)38-40-34-23-28(15-22-35(34)41-38)24-7-5-4-6-8-24/h4-25H,1-3H3;4-22H,1-3H3;4-23H,1-3H3. The fraction of sp³-hybridized carbons (Fsp3) is 0.0992. The van der Waals surface area contributed by atoms with Crippen LogP contribution in [0.5, 0.6) is 0 Å². The van der Waals surface area contributed by atoms with Crippen LogP contribution >= 0.6 is 0 Å². The summed E-state index contributed by atoms with van der Waals surface area (Å²) in [5.41, 5.74) is 26.2. The second-order valence-corrected chi connectivity index (χ2v) is 37.4. The van der Waals surface area contributed by atoms with Crippen LogP contribution in [-0.4, -0.2) is 15.0 Å². The number of hydrogen-bond donors (Lipinski definition) is 0. The molecule has 0 unspecified atom stereocenters. The predicted octanol–water partition coefficient (Wildman–Crippen LogP) is 34.4. The average molecular weight is 1650 g/mol. The smallest absolute Gasteiger partial charge is 0.227 e. The first-order chi connectivity index (χ1) is 62.2. The van der Waals surface area contributed by atoms with Gasteiger partial charge in [-0.1, -0.05) is 366 Å². The van der Waals surface area contributed by atoms with Crippen molar-refractivity contribution in [3.63, 3.8) is 0 Å². The van der Waals surface area contributed by atoms with Crippen LogP contribution in [0, 0.1) is 5.82 Å². The van der Waals surface area contributed by atoms with E-state index in [-0.39, 0.29) is 22.1 Å². The van der Waals surface area contributed by atoms with E-state index in [1.165, 1.54) is 165 Å². The van der Waals surface area contributed by atoms with Gasteiger partial charge in [0.2, 0.25) is 17.7 Å². The number of nitrogens with zero attached hydrogens (tertiary/aromatic N) is 3. The minimum atomic E-state index is -0.247. The zero-order valence-electron chi connectivity index (χ0n) is 72.7. The maximum Gasteiger partial charge on any atom is 0.227 e. The van der Waals surface area contributed by atoms with Gasteiger partial charge in [-0.15, -0.1) is 0 Å². The van der Waals surface area contributed by atoms with Gasteiger partial charge >= 0.3 is 0 Å². The summed E-state index contributed by atoms with van der Waals surface area (Å²) in [5, 5.41) is 24.6. The van der Waals surface area contributed by atoms with E-state index >= 15 is 0 Å². The summed E-state index contributed by atoms with van der Waals surface area (Å²) in [6.07, 6.45) is 0. The minimum Gasteiger partial charge on any atom is -0.436 e. The molecule has 0 aliphatic rings. The molecule has 7 heteroatoms. The van der Waals surface area contributed by atoms with Gasteiger partial charge in [0.15, 0.2) is 16.7 Å². The van der Waals surface area contributed by atoms with Crippen molar-refractivity contribution in [2.45, 2.75) is 78.6 Å². The predicted molar refractivity (Wildman–Crippen MR) is 536 cm³/mol.